The predicted molar refractivity (Wildman–Crippen MR) is 91.9 cm³/mol. The molecule has 0 aliphatic heterocycles. The van der Waals surface area contributed by atoms with Crippen LogP contribution in [-0.2, 0) is 6.54 Å². The molecule has 124 valence electrons. The summed E-state index contributed by atoms with van der Waals surface area (Å²) < 4.78 is 2.06. The molecule has 1 aromatic heterocycles. The standard InChI is InChI=1S/C17H31N5/c1-4-19-17(20-10-12-22-11-9-18-13-22)21-16-7-5-15(6-8-16)14(2)3/h9,11,13-16H,4-8,10,12H2,1-3H3,(H2,19,20,21). The quantitative estimate of drug-likeness (QED) is 0.627. The lowest BCUT2D eigenvalue weighted by atomic mass is 9.80. The summed E-state index contributed by atoms with van der Waals surface area (Å²) in [6.07, 6.45) is 10.8. The van der Waals surface area contributed by atoms with Gasteiger partial charge in [-0.1, -0.05) is 13.8 Å². The van der Waals surface area contributed by atoms with Crippen LogP contribution >= 0.6 is 0 Å². The van der Waals surface area contributed by atoms with Crippen molar-refractivity contribution in [1.29, 1.82) is 0 Å². The number of nitrogens with one attached hydrogen (secondary N) is 2. The second kappa shape index (κ2) is 8.81. The summed E-state index contributed by atoms with van der Waals surface area (Å²) in [6, 6.07) is 0.570. The molecule has 0 unspecified atom stereocenters. The van der Waals surface area contributed by atoms with Gasteiger partial charge in [0.1, 0.15) is 0 Å². The van der Waals surface area contributed by atoms with E-state index in [4.69, 9.17) is 0 Å². The average molecular weight is 305 g/mol. The normalized spacial score (nSPS) is 22.8. The lowest BCUT2D eigenvalue weighted by Crippen LogP contribution is -2.45. The van der Waals surface area contributed by atoms with Crippen molar-refractivity contribution in [1.82, 2.24) is 20.2 Å². The van der Waals surface area contributed by atoms with Crippen molar-refractivity contribution < 1.29 is 0 Å². The molecule has 0 radical (unpaired) electrons. The SMILES string of the molecule is CCNC(=NCCn1ccnc1)NC1CCC(C(C)C)CC1. The van der Waals surface area contributed by atoms with Gasteiger partial charge >= 0.3 is 0 Å². The maximum Gasteiger partial charge on any atom is 0.191 e. The molecule has 22 heavy (non-hydrogen) atoms. The smallest absolute Gasteiger partial charge is 0.191 e. The fourth-order valence-corrected chi connectivity index (χ4v) is 3.14. The molecule has 1 heterocycles. The fraction of sp³-hybridized carbons (Fsp3) is 0.765. The third-order valence-corrected chi connectivity index (χ3v) is 4.59. The molecular weight excluding hydrogens is 274 g/mol. The monoisotopic (exact) mass is 305 g/mol. The van der Waals surface area contributed by atoms with Gasteiger partial charge in [0.2, 0.25) is 0 Å². The minimum Gasteiger partial charge on any atom is -0.357 e. The molecule has 5 nitrogen and oxygen atoms in total. The van der Waals surface area contributed by atoms with Crippen molar-refractivity contribution in [2.75, 3.05) is 13.1 Å². The first-order chi connectivity index (χ1) is 10.7. The highest BCUT2D eigenvalue weighted by atomic mass is 15.2. The third kappa shape index (κ3) is 5.35. The van der Waals surface area contributed by atoms with Gasteiger partial charge in [-0.15, -0.1) is 0 Å². The van der Waals surface area contributed by atoms with Crippen LogP contribution in [-0.4, -0.2) is 34.6 Å². The van der Waals surface area contributed by atoms with E-state index in [1.165, 1.54) is 25.7 Å². The lowest BCUT2D eigenvalue weighted by molar-refractivity contribution is 0.250. The second-order valence-corrected chi connectivity index (χ2v) is 6.56. The van der Waals surface area contributed by atoms with E-state index in [0.717, 1.165) is 37.4 Å². The van der Waals surface area contributed by atoms with Gasteiger partial charge in [-0.3, -0.25) is 4.99 Å². The van der Waals surface area contributed by atoms with Crippen LogP contribution in [0.5, 0.6) is 0 Å². The van der Waals surface area contributed by atoms with Crippen LogP contribution in [0.2, 0.25) is 0 Å². The maximum absolute atomic E-state index is 4.68. The molecule has 0 bridgehead atoms. The largest absolute Gasteiger partial charge is 0.357 e. The Morgan fingerprint density at radius 1 is 1.32 bits per heavy atom. The molecule has 1 saturated carbocycles. The molecule has 0 aromatic carbocycles. The highest BCUT2D eigenvalue weighted by Gasteiger charge is 2.23. The van der Waals surface area contributed by atoms with E-state index in [1.54, 1.807) is 6.20 Å². The molecule has 1 aromatic rings. The number of hydrogen-bond acceptors (Lipinski definition) is 2. The van der Waals surface area contributed by atoms with E-state index >= 15 is 0 Å². The van der Waals surface area contributed by atoms with Crippen LogP contribution in [0.25, 0.3) is 0 Å². The van der Waals surface area contributed by atoms with Crippen LogP contribution in [0.3, 0.4) is 0 Å². The Morgan fingerprint density at radius 2 is 2.09 bits per heavy atom. The number of aromatic nitrogens is 2. The van der Waals surface area contributed by atoms with Crippen molar-refractivity contribution in [3.05, 3.63) is 18.7 Å². The molecule has 2 N–H and O–H groups in total. The summed E-state index contributed by atoms with van der Waals surface area (Å²) >= 11 is 0. The van der Waals surface area contributed by atoms with Crippen LogP contribution < -0.4 is 10.6 Å². The Hall–Kier alpha value is -1.52. The molecule has 5 heteroatoms. The predicted octanol–water partition coefficient (Wildman–Crippen LogP) is 2.65. The van der Waals surface area contributed by atoms with Gasteiger partial charge in [0.15, 0.2) is 5.96 Å². The zero-order valence-corrected chi connectivity index (χ0v) is 14.3. The molecule has 0 saturated heterocycles. The number of rotatable bonds is 6. The number of guanidine groups is 1. The molecular formula is C17H31N5. The van der Waals surface area contributed by atoms with Crippen LogP contribution in [0, 0.1) is 11.8 Å². The summed E-state index contributed by atoms with van der Waals surface area (Å²) in [5.41, 5.74) is 0. The summed E-state index contributed by atoms with van der Waals surface area (Å²) in [5.74, 6) is 2.67. The number of aliphatic imine (C=N–C) groups is 1. The third-order valence-electron chi connectivity index (χ3n) is 4.59. The van der Waals surface area contributed by atoms with Gasteiger partial charge in [0, 0.05) is 31.5 Å². The topological polar surface area (TPSA) is 54.2 Å². The number of hydrogen-bond donors (Lipinski definition) is 2. The highest BCUT2D eigenvalue weighted by molar-refractivity contribution is 5.80. The van der Waals surface area contributed by atoms with Crippen LogP contribution in [0.15, 0.2) is 23.7 Å². The van der Waals surface area contributed by atoms with Gasteiger partial charge < -0.3 is 15.2 Å². The van der Waals surface area contributed by atoms with Crippen LogP contribution in [0.1, 0.15) is 46.5 Å². The molecule has 1 aliphatic rings. The fourth-order valence-electron chi connectivity index (χ4n) is 3.14. The van der Waals surface area contributed by atoms with Gasteiger partial charge in [-0.2, -0.15) is 0 Å². The van der Waals surface area contributed by atoms with Gasteiger partial charge in [0.25, 0.3) is 0 Å². The lowest BCUT2D eigenvalue weighted by Gasteiger charge is -2.32. The van der Waals surface area contributed by atoms with Crippen LogP contribution in [0.4, 0.5) is 0 Å². The van der Waals surface area contributed by atoms with Crippen molar-refractivity contribution in [3.8, 4) is 0 Å². The summed E-state index contributed by atoms with van der Waals surface area (Å²) in [6.45, 7) is 9.35. The Morgan fingerprint density at radius 3 is 2.68 bits per heavy atom. The van der Waals surface area contributed by atoms with Crippen molar-refractivity contribution >= 4 is 5.96 Å². The number of nitrogens with zero attached hydrogens (tertiary/aromatic N) is 3. The zero-order valence-electron chi connectivity index (χ0n) is 14.3. The molecule has 0 amide bonds. The van der Waals surface area contributed by atoms with E-state index < -0.39 is 0 Å². The Balaban J connectivity index is 1.78. The van der Waals surface area contributed by atoms with Gasteiger partial charge in [0.05, 0.1) is 12.9 Å². The van der Waals surface area contributed by atoms with Gasteiger partial charge in [-0.25, -0.2) is 4.98 Å². The first-order valence-corrected chi connectivity index (χ1v) is 8.69. The minimum atomic E-state index is 0.570. The second-order valence-electron chi connectivity index (χ2n) is 6.56. The summed E-state index contributed by atoms with van der Waals surface area (Å²) in [4.78, 5) is 8.74. The molecule has 0 atom stereocenters. The van der Waals surface area contributed by atoms with E-state index in [2.05, 4.69) is 45.9 Å². The van der Waals surface area contributed by atoms with Crippen molar-refractivity contribution in [3.63, 3.8) is 0 Å². The van der Waals surface area contributed by atoms with E-state index in [-0.39, 0.29) is 0 Å². The molecule has 1 aliphatic carbocycles. The average Bonchev–Trinajstić information content (AvgIpc) is 3.01. The first-order valence-electron chi connectivity index (χ1n) is 8.69. The van der Waals surface area contributed by atoms with E-state index in [1.807, 2.05) is 12.5 Å². The summed E-state index contributed by atoms with van der Waals surface area (Å²) in [7, 11) is 0. The van der Waals surface area contributed by atoms with Crippen molar-refractivity contribution in [2.45, 2.75) is 59.0 Å². The Labute approximate surface area is 134 Å². The Bertz CT molecular complexity index is 430. The Kier molecular flexibility index (Phi) is 6.74. The first kappa shape index (κ1) is 16.8. The number of imidazole rings is 1. The zero-order chi connectivity index (χ0) is 15.8. The minimum absolute atomic E-state index is 0.570. The molecule has 2 rings (SSSR count). The van der Waals surface area contributed by atoms with Gasteiger partial charge in [-0.05, 0) is 44.4 Å². The van der Waals surface area contributed by atoms with Crippen molar-refractivity contribution in [2.24, 2.45) is 16.8 Å². The maximum atomic E-state index is 4.68. The summed E-state index contributed by atoms with van der Waals surface area (Å²) in [5, 5.41) is 6.97. The van der Waals surface area contributed by atoms with E-state index in [0.29, 0.717) is 6.04 Å². The highest BCUT2D eigenvalue weighted by Crippen LogP contribution is 2.29. The van der Waals surface area contributed by atoms with E-state index in [9.17, 15) is 0 Å². The molecule has 1 fully saturated rings. The molecule has 0 spiro atoms.